The monoisotopic (exact) mass is 274 g/mol. The number of aliphatic hydroxyl groups excluding tert-OH is 1. The second-order valence-electron chi connectivity index (χ2n) is 4.77. The van der Waals surface area contributed by atoms with Crippen molar-refractivity contribution in [1.82, 2.24) is 0 Å². The molecule has 0 amide bonds. The van der Waals surface area contributed by atoms with Gasteiger partial charge in [0, 0.05) is 12.0 Å². The normalized spacial score (nSPS) is 16.6. The van der Waals surface area contributed by atoms with E-state index < -0.39 is 0 Å². The average molecular weight is 274 g/mol. The highest BCUT2D eigenvalue weighted by Crippen LogP contribution is 2.29. The SMILES string of the molecule is OCc1cc(F)ccc1OCC1Cc2ccccc2O1. The summed E-state index contributed by atoms with van der Waals surface area (Å²) in [4.78, 5) is 0. The molecule has 1 N–H and O–H groups in total. The molecule has 2 aromatic carbocycles. The van der Waals surface area contributed by atoms with Crippen LogP contribution in [0, 0.1) is 5.82 Å². The van der Waals surface area contributed by atoms with Gasteiger partial charge in [0.05, 0.1) is 6.61 Å². The van der Waals surface area contributed by atoms with Crippen molar-refractivity contribution in [1.29, 1.82) is 0 Å². The zero-order valence-corrected chi connectivity index (χ0v) is 10.9. The Kier molecular flexibility index (Phi) is 3.56. The molecule has 3 rings (SSSR count). The van der Waals surface area contributed by atoms with Gasteiger partial charge in [-0.3, -0.25) is 0 Å². The summed E-state index contributed by atoms with van der Waals surface area (Å²) in [6.45, 7) is 0.117. The lowest BCUT2D eigenvalue weighted by Crippen LogP contribution is -2.22. The first-order valence-electron chi connectivity index (χ1n) is 6.53. The first-order valence-corrected chi connectivity index (χ1v) is 6.53. The van der Waals surface area contributed by atoms with E-state index in [0.29, 0.717) is 17.9 Å². The lowest BCUT2D eigenvalue weighted by Gasteiger charge is -2.14. The lowest BCUT2D eigenvalue weighted by molar-refractivity contribution is 0.145. The fraction of sp³-hybridized carbons (Fsp3) is 0.250. The number of hydrogen-bond donors (Lipinski definition) is 1. The Hall–Kier alpha value is -2.07. The third-order valence-electron chi connectivity index (χ3n) is 3.33. The van der Waals surface area contributed by atoms with Crippen molar-refractivity contribution < 1.29 is 19.0 Å². The van der Waals surface area contributed by atoms with Gasteiger partial charge in [0.15, 0.2) is 0 Å². The van der Waals surface area contributed by atoms with Crippen molar-refractivity contribution in [2.45, 2.75) is 19.1 Å². The molecule has 2 aromatic rings. The van der Waals surface area contributed by atoms with E-state index in [1.165, 1.54) is 23.8 Å². The number of benzene rings is 2. The Morgan fingerprint density at radius 3 is 2.90 bits per heavy atom. The van der Waals surface area contributed by atoms with Gasteiger partial charge in [0.25, 0.3) is 0 Å². The van der Waals surface area contributed by atoms with Crippen LogP contribution in [0.1, 0.15) is 11.1 Å². The van der Waals surface area contributed by atoms with E-state index in [1.807, 2.05) is 24.3 Å². The van der Waals surface area contributed by atoms with Crippen molar-refractivity contribution in [3.8, 4) is 11.5 Å². The molecule has 1 atom stereocenters. The highest BCUT2D eigenvalue weighted by Gasteiger charge is 2.23. The van der Waals surface area contributed by atoms with E-state index in [1.54, 1.807) is 0 Å². The van der Waals surface area contributed by atoms with Crippen LogP contribution >= 0.6 is 0 Å². The molecule has 20 heavy (non-hydrogen) atoms. The van der Waals surface area contributed by atoms with E-state index in [4.69, 9.17) is 9.47 Å². The predicted molar refractivity (Wildman–Crippen MR) is 72.4 cm³/mol. The summed E-state index contributed by atoms with van der Waals surface area (Å²) in [7, 11) is 0. The summed E-state index contributed by atoms with van der Waals surface area (Å²) in [6.07, 6.45) is 0.746. The Balaban J connectivity index is 1.64. The zero-order chi connectivity index (χ0) is 13.9. The largest absolute Gasteiger partial charge is 0.489 e. The Labute approximate surface area is 116 Å². The maximum atomic E-state index is 13.1. The maximum absolute atomic E-state index is 13.1. The topological polar surface area (TPSA) is 38.7 Å². The molecule has 3 nitrogen and oxygen atoms in total. The van der Waals surface area contributed by atoms with Crippen LogP contribution in [0.15, 0.2) is 42.5 Å². The average Bonchev–Trinajstić information content (AvgIpc) is 2.88. The summed E-state index contributed by atoms with van der Waals surface area (Å²) in [5.41, 5.74) is 1.61. The third kappa shape index (κ3) is 2.60. The van der Waals surface area contributed by atoms with Gasteiger partial charge < -0.3 is 14.6 Å². The number of halogens is 1. The molecule has 0 aliphatic carbocycles. The molecule has 1 heterocycles. The number of hydrogen-bond acceptors (Lipinski definition) is 3. The van der Waals surface area contributed by atoms with Crippen LogP contribution in [0.25, 0.3) is 0 Å². The quantitative estimate of drug-likeness (QED) is 0.931. The molecule has 1 aliphatic heterocycles. The summed E-state index contributed by atoms with van der Waals surface area (Å²) in [5.74, 6) is 1.00. The van der Waals surface area contributed by atoms with Crippen LogP contribution in [0.2, 0.25) is 0 Å². The smallest absolute Gasteiger partial charge is 0.137 e. The maximum Gasteiger partial charge on any atom is 0.137 e. The molecule has 0 saturated carbocycles. The van der Waals surface area contributed by atoms with Crippen LogP contribution in [-0.4, -0.2) is 17.8 Å². The third-order valence-corrected chi connectivity index (χ3v) is 3.33. The first kappa shape index (κ1) is 12.9. The molecule has 0 aromatic heterocycles. The van der Waals surface area contributed by atoms with Crippen molar-refractivity contribution in [3.05, 3.63) is 59.4 Å². The standard InChI is InChI=1S/C16H15FO3/c17-13-5-6-15(12(7-13)9-18)19-10-14-8-11-3-1-2-4-16(11)20-14/h1-7,14,18H,8-10H2. The van der Waals surface area contributed by atoms with Gasteiger partial charge in [-0.25, -0.2) is 4.39 Å². The first-order chi connectivity index (χ1) is 9.76. The minimum Gasteiger partial charge on any atom is -0.489 e. The molecular formula is C16H15FO3. The predicted octanol–water partition coefficient (Wildman–Crippen LogP) is 2.70. The van der Waals surface area contributed by atoms with Gasteiger partial charge in [-0.15, -0.1) is 0 Å². The number of rotatable bonds is 4. The number of fused-ring (bicyclic) bond motifs is 1. The minimum absolute atomic E-state index is 0.0519. The van der Waals surface area contributed by atoms with Gasteiger partial charge in [0.1, 0.15) is 30.0 Å². The summed E-state index contributed by atoms with van der Waals surface area (Å²) in [5, 5.41) is 9.20. The Bertz CT molecular complexity index is 587. The highest BCUT2D eigenvalue weighted by atomic mass is 19.1. The van der Waals surface area contributed by atoms with E-state index >= 15 is 0 Å². The zero-order valence-electron chi connectivity index (χ0n) is 10.9. The van der Waals surface area contributed by atoms with E-state index in [2.05, 4.69) is 0 Å². The molecule has 0 saturated heterocycles. The molecule has 0 fully saturated rings. The fourth-order valence-corrected chi connectivity index (χ4v) is 2.34. The number of para-hydroxylation sites is 1. The van der Waals surface area contributed by atoms with Crippen molar-refractivity contribution in [2.75, 3.05) is 6.61 Å². The van der Waals surface area contributed by atoms with Gasteiger partial charge in [-0.05, 0) is 29.8 Å². The second-order valence-corrected chi connectivity index (χ2v) is 4.77. The van der Waals surface area contributed by atoms with Crippen LogP contribution in [0.3, 0.4) is 0 Å². The van der Waals surface area contributed by atoms with E-state index in [-0.39, 0.29) is 18.5 Å². The van der Waals surface area contributed by atoms with Crippen LogP contribution in [0.5, 0.6) is 11.5 Å². The van der Waals surface area contributed by atoms with Crippen molar-refractivity contribution >= 4 is 0 Å². The van der Waals surface area contributed by atoms with E-state index in [0.717, 1.165) is 12.2 Å². The molecule has 0 bridgehead atoms. The van der Waals surface area contributed by atoms with Gasteiger partial charge in [-0.1, -0.05) is 18.2 Å². The molecule has 104 valence electrons. The van der Waals surface area contributed by atoms with E-state index in [9.17, 15) is 9.50 Å². The van der Waals surface area contributed by atoms with Gasteiger partial charge >= 0.3 is 0 Å². The van der Waals surface area contributed by atoms with Crippen LogP contribution in [0.4, 0.5) is 4.39 Å². The van der Waals surface area contributed by atoms with Crippen LogP contribution < -0.4 is 9.47 Å². The molecule has 0 spiro atoms. The molecule has 0 radical (unpaired) electrons. The van der Waals surface area contributed by atoms with Crippen molar-refractivity contribution in [3.63, 3.8) is 0 Å². The summed E-state index contributed by atoms with van der Waals surface area (Å²) in [6, 6.07) is 12.0. The summed E-state index contributed by atoms with van der Waals surface area (Å²) >= 11 is 0. The molecule has 4 heteroatoms. The lowest BCUT2D eigenvalue weighted by atomic mass is 10.1. The molecule has 1 aliphatic rings. The molecular weight excluding hydrogens is 259 g/mol. The second kappa shape index (κ2) is 5.51. The highest BCUT2D eigenvalue weighted by molar-refractivity contribution is 5.37. The minimum atomic E-state index is -0.383. The number of aliphatic hydroxyl groups is 1. The van der Waals surface area contributed by atoms with Crippen LogP contribution in [-0.2, 0) is 13.0 Å². The molecule has 1 unspecified atom stereocenters. The van der Waals surface area contributed by atoms with Crippen molar-refractivity contribution in [2.24, 2.45) is 0 Å². The Morgan fingerprint density at radius 2 is 2.10 bits per heavy atom. The van der Waals surface area contributed by atoms with Gasteiger partial charge in [-0.2, -0.15) is 0 Å². The fourth-order valence-electron chi connectivity index (χ4n) is 2.34. The number of ether oxygens (including phenoxy) is 2. The Morgan fingerprint density at radius 1 is 1.25 bits per heavy atom. The van der Waals surface area contributed by atoms with Gasteiger partial charge in [0.2, 0.25) is 0 Å². The summed E-state index contributed by atoms with van der Waals surface area (Å²) < 4.78 is 24.5.